The second kappa shape index (κ2) is 9.87. The van der Waals surface area contributed by atoms with E-state index < -0.39 is 5.41 Å². The first kappa shape index (κ1) is 24.6. The van der Waals surface area contributed by atoms with Crippen LogP contribution >= 0.6 is 11.9 Å². The van der Waals surface area contributed by atoms with Gasteiger partial charge in [-0.25, -0.2) is 0 Å². The standard InChI is InChI=1S/C29H36N4O3S/c34-16-17-37-32-21-4-6-22(25(19-21)33-14-12-28(10-11-28)13-15-33)26(35)30-20-5-7-24-23(18-20)29(27(36)31-24)8-2-1-3-9-29/h4-7,18-19,32,34H,1-3,8-17H2,(H,30,35)(H,31,36). The molecule has 8 heteroatoms. The smallest absolute Gasteiger partial charge is 0.257 e. The number of nitrogens with zero attached hydrogens (tertiary/aromatic N) is 1. The second-order valence-corrected chi connectivity index (χ2v) is 12.1. The van der Waals surface area contributed by atoms with Crippen LogP contribution in [0.1, 0.15) is 73.7 Å². The molecule has 0 bridgehead atoms. The highest BCUT2D eigenvalue weighted by atomic mass is 32.2. The van der Waals surface area contributed by atoms with E-state index in [0.29, 0.717) is 16.7 Å². The number of carbonyl (C=O) groups is 2. The third-order valence-corrected chi connectivity index (χ3v) is 9.70. The van der Waals surface area contributed by atoms with E-state index in [9.17, 15) is 9.59 Å². The maximum absolute atomic E-state index is 13.6. The summed E-state index contributed by atoms with van der Waals surface area (Å²) in [6.07, 6.45) is 10.1. The van der Waals surface area contributed by atoms with Crippen molar-refractivity contribution < 1.29 is 14.7 Å². The molecule has 4 aliphatic rings. The van der Waals surface area contributed by atoms with Gasteiger partial charge >= 0.3 is 0 Å². The molecule has 3 fully saturated rings. The van der Waals surface area contributed by atoms with Crippen molar-refractivity contribution in [1.29, 1.82) is 0 Å². The lowest BCUT2D eigenvalue weighted by Crippen LogP contribution is -2.36. The molecule has 1 saturated heterocycles. The van der Waals surface area contributed by atoms with Gasteiger partial charge in [0.25, 0.3) is 5.91 Å². The van der Waals surface area contributed by atoms with Crippen LogP contribution in [-0.2, 0) is 10.2 Å². The van der Waals surface area contributed by atoms with Gasteiger partial charge in [0, 0.05) is 35.9 Å². The van der Waals surface area contributed by atoms with Gasteiger partial charge in [-0.3, -0.25) is 9.59 Å². The molecule has 2 spiro atoms. The molecule has 2 aromatic carbocycles. The molecule has 0 aromatic heterocycles. The van der Waals surface area contributed by atoms with Crippen molar-refractivity contribution >= 4 is 46.5 Å². The fourth-order valence-corrected chi connectivity index (χ4v) is 6.96. The van der Waals surface area contributed by atoms with Gasteiger partial charge in [0.05, 0.1) is 23.3 Å². The fourth-order valence-electron chi connectivity index (χ4n) is 6.47. The lowest BCUT2D eigenvalue weighted by Gasteiger charge is -2.35. The van der Waals surface area contributed by atoms with E-state index in [0.717, 1.165) is 67.1 Å². The fraction of sp³-hybridized carbons (Fsp3) is 0.517. The summed E-state index contributed by atoms with van der Waals surface area (Å²) in [6.45, 7) is 2.04. The Hall–Kier alpha value is -2.71. The SMILES string of the molecule is O=C(Nc1ccc2c(c1)C1(CCCCC1)C(=O)N2)c1ccc(NSCCO)cc1N1CCC2(CC1)CC2. The first-order valence-electron chi connectivity index (χ1n) is 13.7. The molecule has 4 N–H and O–H groups in total. The number of amides is 2. The molecular formula is C29H36N4O3S. The zero-order chi connectivity index (χ0) is 25.5. The molecule has 0 unspecified atom stereocenters. The van der Waals surface area contributed by atoms with Gasteiger partial charge in [-0.1, -0.05) is 31.2 Å². The second-order valence-electron chi connectivity index (χ2n) is 11.2. The van der Waals surface area contributed by atoms with Crippen LogP contribution in [-0.4, -0.2) is 42.4 Å². The van der Waals surface area contributed by atoms with Crippen molar-refractivity contribution in [3.63, 3.8) is 0 Å². The van der Waals surface area contributed by atoms with Gasteiger partial charge in [0.1, 0.15) is 0 Å². The van der Waals surface area contributed by atoms with Crippen LogP contribution in [0.2, 0.25) is 0 Å². The summed E-state index contributed by atoms with van der Waals surface area (Å²) < 4.78 is 3.29. The van der Waals surface area contributed by atoms with Crippen LogP contribution in [0.15, 0.2) is 36.4 Å². The summed E-state index contributed by atoms with van der Waals surface area (Å²) in [7, 11) is 0. The largest absolute Gasteiger partial charge is 0.395 e. The molecule has 6 rings (SSSR count). The Bertz CT molecular complexity index is 1200. The maximum Gasteiger partial charge on any atom is 0.257 e. The normalized spacial score (nSPS) is 21.0. The van der Waals surface area contributed by atoms with Crippen LogP contribution in [0.4, 0.5) is 22.7 Å². The van der Waals surface area contributed by atoms with Crippen LogP contribution < -0.4 is 20.3 Å². The summed E-state index contributed by atoms with van der Waals surface area (Å²) in [5, 5.41) is 15.3. The molecule has 0 radical (unpaired) electrons. The lowest BCUT2D eigenvalue weighted by atomic mass is 9.70. The van der Waals surface area contributed by atoms with Gasteiger partial charge in [-0.15, -0.1) is 0 Å². The molecule has 7 nitrogen and oxygen atoms in total. The molecule has 2 saturated carbocycles. The molecule has 0 atom stereocenters. The van der Waals surface area contributed by atoms with Crippen molar-refractivity contribution in [3.05, 3.63) is 47.5 Å². The van der Waals surface area contributed by atoms with E-state index in [4.69, 9.17) is 5.11 Å². The van der Waals surface area contributed by atoms with Gasteiger partial charge < -0.3 is 25.4 Å². The molecule has 2 aliphatic heterocycles. The first-order valence-corrected chi connectivity index (χ1v) is 14.7. The van der Waals surface area contributed by atoms with Crippen molar-refractivity contribution in [2.45, 2.75) is 63.2 Å². The first-order chi connectivity index (χ1) is 18.0. The zero-order valence-corrected chi connectivity index (χ0v) is 22.1. The monoisotopic (exact) mass is 520 g/mol. The summed E-state index contributed by atoms with van der Waals surface area (Å²) in [6, 6.07) is 11.7. The van der Waals surface area contributed by atoms with Crippen molar-refractivity contribution in [3.8, 4) is 0 Å². The maximum atomic E-state index is 13.6. The number of nitrogens with one attached hydrogen (secondary N) is 3. The number of aliphatic hydroxyl groups is 1. The van der Waals surface area contributed by atoms with E-state index in [1.165, 1.54) is 44.1 Å². The summed E-state index contributed by atoms with van der Waals surface area (Å²) in [4.78, 5) is 28.9. The predicted molar refractivity (Wildman–Crippen MR) is 151 cm³/mol. The number of carbonyl (C=O) groups excluding carboxylic acids is 2. The number of piperidine rings is 1. The van der Waals surface area contributed by atoms with E-state index in [2.05, 4.69) is 26.3 Å². The van der Waals surface area contributed by atoms with Gasteiger partial charge in [-0.2, -0.15) is 0 Å². The molecular weight excluding hydrogens is 484 g/mol. The Morgan fingerprint density at radius 1 is 0.973 bits per heavy atom. The van der Waals surface area contributed by atoms with Gasteiger partial charge in [-0.05, 0) is 85.9 Å². The Morgan fingerprint density at radius 3 is 2.46 bits per heavy atom. The van der Waals surface area contributed by atoms with Crippen LogP contribution in [0.3, 0.4) is 0 Å². The van der Waals surface area contributed by atoms with E-state index in [-0.39, 0.29) is 18.4 Å². The number of rotatable bonds is 7. The highest BCUT2D eigenvalue weighted by Gasteiger charge is 2.47. The lowest BCUT2D eigenvalue weighted by molar-refractivity contribution is -0.121. The Morgan fingerprint density at radius 2 is 1.73 bits per heavy atom. The van der Waals surface area contributed by atoms with Crippen molar-refractivity contribution in [2.75, 3.05) is 45.7 Å². The zero-order valence-electron chi connectivity index (χ0n) is 21.3. The number of hydrogen-bond donors (Lipinski definition) is 4. The third-order valence-electron chi connectivity index (χ3n) is 8.93. The summed E-state index contributed by atoms with van der Waals surface area (Å²) in [5.41, 5.74) is 5.27. The topological polar surface area (TPSA) is 93.7 Å². The van der Waals surface area contributed by atoms with Crippen LogP contribution in [0.5, 0.6) is 0 Å². The molecule has 2 heterocycles. The van der Waals surface area contributed by atoms with E-state index in [1.807, 2.05) is 30.3 Å². The highest BCUT2D eigenvalue weighted by Crippen LogP contribution is 2.54. The average molecular weight is 521 g/mol. The summed E-state index contributed by atoms with van der Waals surface area (Å²) in [5.74, 6) is 0.570. The van der Waals surface area contributed by atoms with Crippen molar-refractivity contribution in [2.24, 2.45) is 5.41 Å². The number of aliphatic hydroxyl groups excluding tert-OH is 1. The Kier molecular flexibility index (Phi) is 6.57. The minimum absolute atomic E-state index is 0.105. The third kappa shape index (κ3) is 4.70. The minimum atomic E-state index is -0.453. The molecule has 2 amide bonds. The Labute approximate surface area is 222 Å². The number of fused-ring (bicyclic) bond motifs is 2. The quantitative estimate of drug-likeness (QED) is 0.284. The highest BCUT2D eigenvalue weighted by molar-refractivity contribution is 8.00. The van der Waals surface area contributed by atoms with Crippen LogP contribution in [0.25, 0.3) is 0 Å². The van der Waals surface area contributed by atoms with E-state index >= 15 is 0 Å². The summed E-state index contributed by atoms with van der Waals surface area (Å²) >= 11 is 1.46. The van der Waals surface area contributed by atoms with E-state index in [1.54, 1.807) is 0 Å². The Balaban J connectivity index is 1.25. The molecule has 196 valence electrons. The average Bonchev–Trinajstić information content (AvgIpc) is 3.63. The van der Waals surface area contributed by atoms with Crippen molar-refractivity contribution in [1.82, 2.24) is 0 Å². The van der Waals surface area contributed by atoms with Gasteiger partial charge in [0.15, 0.2) is 0 Å². The molecule has 2 aliphatic carbocycles. The van der Waals surface area contributed by atoms with Gasteiger partial charge in [0.2, 0.25) is 5.91 Å². The van der Waals surface area contributed by atoms with Crippen LogP contribution in [0, 0.1) is 5.41 Å². The minimum Gasteiger partial charge on any atom is -0.395 e. The number of hydrogen-bond acceptors (Lipinski definition) is 6. The predicted octanol–water partition coefficient (Wildman–Crippen LogP) is 5.53. The number of benzene rings is 2. The molecule has 2 aromatic rings. The molecule has 37 heavy (non-hydrogen) atoms. The number of anilines is 4.